The van der Waals surface area contributed by atoms with E-state index in [1.807, 2.05) is 48.7 Å². The van der Waals surface area contributed by atoms with E-state index in [0.717, 1.165) is 34.7 Å². The van der Waals surface area contributed by atoms with Gasteiger partial charge in [-0.1, -0.05) is 24.3 Å². The molecule has 2 aromatic heterocycles. The van der Waals surface area contributed by atoms with Gasteiger partial charge in [0.25, 0.3) is 11.8 Å². The van der Waals surface area contributed by atoms with Gasteiger partial charge in [-0.3, -0.25) is 14.6 Å². The van der Waals surface area contributed by atoms with Gasteiger partial charge < -0.3 is 10.6 Å². The topological polar surface area (TPSA) is 84.0 Å². The van der Waals surface area contributed by atoms with Crippen LogP contribution >= 0.6 is 11.3 Å². The zero-order valence-electron chi connectivity index (χ0n) is 18.2. The number of hydrogen-bond donors (Lipinski definition) is 2. The zero-order chi connectivity index (χ0) is 23.0. The lowest BCUT2D eigenvalue weighted by Crippen LogP contribution is -2.25. The highest BCUT2D eigenvalue weighted by Crippen LogP contribution is 2.22. The highest BCUT2D eigenvalue weighted by molar-refractivity contribution is 7.09. The number of aromatic nitrogens is 2. The van der Waals surface area contributed by atoms with Crippen molar-refractivity contribution >= 4 is 28.8 Å². The first-order chi connectivity index (χ1) is 16.1. The Hall–Kier alpha value is -3.84. The van der Waals surface area contributed by atoms with E-state index in [1.165, 1.54) is 0 Å². The molecule has 0 spiro atoms. The Kier molecular flexibility index (Phi) is 7.22. The van der Waals surface area contributed by atoms with Crippen molar-refractivity contribution in [3.05, 3.63) is 100 Å². The van der Waals surface area contributed by atoms with Gasteiger partial charge in [0, 0.05) is 53.1 Å². The van der Waals surface area contributed by atoms with Crippen molar-refractivity contribution in [1.29, 1.82) is 0 Å². The highest BCUT2D eigenvalue weighted by atomic mass is 32.1. The van der Waals surface area contributed by atoms with Crippen LogP contribution in [0.25, 0.3) is 11.3 Å². The number of anilines is 1. The number of aryl methyl sites for hydroxylation is 2. The van der Waals surface area contributed by atoms with Crippen LogP contribution in [-0.4, -0.2) is 28.3 Å². The molecular weight excluding hydrogens is 432 g/mol. The molecule has 0 unspecified atom stereocenters. The van der Waals surface area contributed by atoms with Crippen LogP contribution in [0.5, 0.6) is 0 Å². The first kappa shape index (κ1) is 22.4. The molecule has 0 aliphatic carbocycles. The summed E-state index contributed by atoms with van der Waals surface area (Å²) < 4.78 is 0. The zero-order valence-corrected chi connectivity index (χ0v) is 19.1. The summed E-state index contributed by atoms with van der Waals surface area (Å²) in [5.74, 6) is -0.368. The number of hydrogen-bond acceptors (Lipinski definition) is 5. The van der Waals surface area contributed by atoms with Crippen molar-refractivity contribution in [2.45, 2.75) is 19.8 Å². The Morgan fingerprint density at radius 2 is 1.73 bits per heavy atom. The molecule has 6 nitrogen and oxygen atoms in total. The lowest BCUT2D eigenvalue weighted by atomic mass is 10.1. The van der Waals surface area contributed by atoms with E-state index in [0.29, 0.717) is 23.4 Å². The van der Waals surface area contributed by atoms with Crippen LogP contribution in [0, 0.1) is 6.92 Å². The Morgan fingerprint density at radius 3 is 2.52 bits per heavy atom. The van der Waals surface area contributed by atoms with Crippen molar-refractivity contribution in [3.8, 4) is 11.3 Å². The highest BCUT2D eigenvalue weighted by Gasteiger charge is 2.11. The van der Waals surface area contributed by atoms with Crippen LogP contribution in [0.3, 0.4) is 0 Å². The van der Waals surface area contributed by atoms with Gasteiger partial charge in [-0.05, 0) is 55.3 Å². The smallest absolute Gasteiger partial charge is 0.255 e. The average Bonchev–Trinajstić information content (AvgIpc) is 3.33. The minimum absolute atomic E-state index is 0.165. The normalized spacial score (nSPS) is 10.6. The molecule has 0 atom stereocenters. The lowest BCUT2D eigenvalue weighted by molar-refractivity contribution is 0.0951. The SMILES string of the molecule is Cc1ccc(C(=O)NCCCc2nc(-c3ccncc3)cs2)cc1NC(=O)c1ccccc1. The lowest BCUT2D eigenvalue weighted by Gasteiger charge is -2.11. The van der Waals surface area contributed by atoms with Crippen molar-refractivity contribution in [1.82, 2.24) is 15.3 Å². The van der Waals surface area contributed by atoms with Crippen LogP contribution in [0.1, 0.15) is 37.7 Å². The maximum absolute atomic E-state index is 12.6. The number of rotatable bonds is 8. The molecule has 0 saturated carbocycles. The van der Waals surface area contributed by atoms with Crippen molar-refractivity contribution in [3.63, 3.8) is 0 Å². The van der Waals surface area contributed by atoms with Gasteiger partial charge in [0.15, 0.2) is 0 Å². The van der Waals surface area contributed by atoms with E-state index in [2.05, 4.69) is 20.6 Å². The molecule has 2 heterocycles. The summed E-state index contributed by atoms with van der Waals surface area (Å²) in [6, 6.07) is 18.2. The quantitative estimate of drug-likeness (QED) is 0.360. The van der Waals surface area contributed by atoms with Crippen molar-refractivity contribution in [2.24, 2.45) is 0 Å². The third-order valence-corrected chi connectivity index (χ3v) is 6.07. The van der Waals surface area contributed by atoms with Gasteiger partial charge in [-0.25, -0.2) is 4.98 Å². The van der Waals surface area contributed by atoms with Gasteiger partial charge in [-0.2, -0.15) is 0 Å². The fraction of sp³-hybridized carbons (Fsp3) is 0.154. The summed E-state index contributed by atoms with van der Waals surface area (Å²) in [6.45, 7) is 2.44. The van der Waals surface area contributed by atoms with Crippen LogP contribution in [0.2, 0.25) is 0 Å². The summed E-state index contributed by atoms with van der Waals surface area (Å²) in [4.78, 5) is 33.8. The van der Waals surface area contributed by atoms with Crippen molar-refractivity contribution in [2.75, 3.05) is 11.9 Å². The Balaban J connectivity index is 1.29. The average molecular weight is 457 g/mol. The number of thiazole rings is 1. The number of amides is 2. The van der Waals surface area contributed by atoms with Crippen molar-refractivity contribution < 1.29 is 9.59 Å². The number of carbonyl (C=O) groups is 2. The molecule has 0 bridgehead atoms. The molecule has 33 heavy (non-hydrogen) atoms. The number of nitrogens with one attached hydrogen (secondary N) is 2. The molecule has 0 aliphatic heterocycles. The maximum Gasteiger partial charge on any atom is 0.255 e. The van der Waals surface area contributed by atoms with Gasteiger partial charge >= 0.3 is 0 Å². The molecule has 0 saturated heterocycles. The van der Waals surface area contributed by atoms with Crippen LogP contribution in [0.4, 0.5) is 5.69 Å². The Labute approximate surface area is 196 Å². The number of nitrogens with zero attached hydrogens (tertiary/aromatic N) is 2. The first-order valence-electron chi connectivity index (χ1n) is 10.7. The Bertz CT molecular complexity index is 1240. The van der Waals surface area contributed by atoms with E-state index in [4.69, 9.17) is 0 Å². The third kappa shape index (κ3) is 5.90. The third-order valence-electron chi connectivity index (χ3n) is 5.16. The largest absolute Gasteiger partial charge is 0.352 e. The molecule has 166 valence electrons. The van der Waals surface area contributed by atoms with Crippen LogP contribution in [-0.2, 0) is 6.42 Å². The molecule has 0 radical (unpaired) electrons. The molecule has 4 aromatic rings. The second-order valence-corrected chi connectivity index (χ2v) is 8.51. The predicted octanol–water partition coefficient (Wildman–Crippen LogP) is 5.13. The van der Waals surface area contributed by atoms with Gasteiger partial charge in [0.2, 0.25) is 0 Å². The van der Waals surface area contributed by atoms with Gasteiger partial charge in [-0.15, -0.1) is 11.3 Å². The molecule has 0 aliphatic rings. The fourth-order valence-electron chi connectivity index (χ4n) is 3.31. The summed E-state index contributed by atoms with van der Waals surface area (Å²) in [5.41, 5.74) is 4.60. The minimum Gasteiger partial charge on any atom is -0.352 e. The standard InChI is InChI=1S/C26H24N4O2S/c1-18-9-10-21(16-22(18)30-26(32)20-6-3-2-4-7-20)25(31)28-13-5-8-24-29-23(17-33-24)19-11-14-27-15-12-19/h2-4,6-7,9-12,14-17H,5,8,13H2,1H3,(H,28,31)(H,30,32). The van der Waals surface area contributed by atoms with Gasteiger partial charge in [0.05, 0.1) is 10.7 Å². The summed E-state index contributed by atoms with van der Waals surface area (Å²) in [6.07, 6.45) is 5.10. The molecular formula is C26H24N4O2S. The van der Waals surface area contributed by atoms with Gasteiger partial charge in [0.1, 0.15) is 0 Å². The van der Waals surface area contributed by atoms with E-state index >= 15 is 0 Å². The predicted molar refractivity (Wildman–Crippen MR) is 132 cm³/mol. The molecule has 4 rings (SSSR count). The molecule has 2 N–H and O–H groups in total. The number of carbonyl (C=O) groups excluding carboxylic acids is 2. The number of pyridine rings is 1. The fourth-order valence-corrected chi connectivity index (χ4v) is 4.16. The van der Waals surface area contributed by atoms with E-state index in [9.17, 15) is 9.59 Å². The molecule has 7 heteroatoms. The molecule has 2 amide bonds. The van der Waals surface area contributed by atoms with Crippen LogP contribution < -0.4 is 10.6 Å². The maximum atomic E-state index is 12.6. The summed E-state index contributed by atoms with van der Waals surface area (Å²) >= 11 is 1.62. The minimum atomic E-state index is -0.203. The van der Waals surface area contributed by atoms with E-state index in [1.54, 1.807) is 48.0 Å². The van der Waals surface area contributed by atoms with E-state index in [-0.39, 0.29) is 11.8 Å². The Morgan fingerprint density at radius 1 is 0.939 bits per heavy atom. The summed E-state index contributed by atoms with van der Waals surface area (Å²) in [7, 11) is 0. The monoisotopic (exact) mass is 456 g/mol. The second kappa shape index (κ2) is 10.7. The first-order valence-corrected chi connectivity index (χ1v) is 11.6. The number of benzene rings is 2. The molecule has 0 fully saturated rings. The van der Waals surface area contributed by atoms with Crippen LogP contribution in [0.15, 0.2) is 78.4 Å². The summed E-state index contributed by atoms with van der Waals surface area (Å²) in [5, 5.41) is 8.93. The second-order valence-electron chi connectivity index (χ2n) is 7.57. The van der Waals surface area contributed by atoms with E-state index < -0.39 is 0 Å². The molecule has 2 aromatic carbocycles.